The van der Waals surface area contributed by atoms with Crippen LogP contribution in [0.1, 0.15) is 85.4 Å². The second-order valence-electron chi connectivity index (χ2n) is 19.7. The molecule has 8 atom stereocenters. The second kappa shape index (κ2) is 22.5. The van der Waals surface area contributed by atoms with Gasteiger partial charge in [-0.1, -0.05) is 89.2 Å². The van der Waals surface area contributed by atoms with E-state index in [9.17, 15) is 14.9 Å². The minimum atomic E-state index is -2.67. The first-order valence-corrected chi connectivity index (χ1v) is 27.5. The molecule has 8 unspecified atom stereocenters. The van der Waals surface area contributed by atoms with Gasteiger partial charge in [-0.25, -0.2) is 4.67 Å². The quantitative estimate of drug-likeness (QED) is 0.0412. The molecule has 3 aromatic carbocycles. The third-order valence-corrected chi connectivity index (χ3v) is 19.6. The highest BCUT2D eigenvalue weighted by Gasteiger charge is 2.58. The highest BCUT2D eigenvalue weighted by atomic mass is 31.2. The van der Waals surface area contributed by atoms with Crippen LogP contribution in [0.2, 0.25) is 18.1 Å². The molecule has 3 heterocycles. The molecule has 0 bridgehead atoms. The Morgan fingerprint density at radius 2 is 1.49 bits per heavy atom. The number of aliphatic imine (C=N–C) groups is 1. The Balaban J connectivity index is 1.52. The molecular weight excluding hydrogens is 902 g/mol. The average Bonchev–Trinajstić information content (AvgIpc) is 3.87. The molecule has 0 aliphatic carbocycles. The van der Waals surface area contributed by atoms with Crippen molar-refractivity contribution < 1.29 is 42.0 Å². The lowest BCUT2D eigenvalue weighted by atomic mass is 9.80. The van der Waals surface area contributed by atoms with Crippen LogP contribution < -0.4 is 25.4 Å². The molecule has 2 saturated heterocycles. The van der Waals surface area contributed by atoms with Crippen LogP contribution in [0.3, 0.4) is 0 Å². The molecule has 0 aromatic heterocycles. The van der Waals surface area contributed by atoms with E-state index in [0.717, 1.165) is 16.7 Å². The summed E-state index contributed by atoms with van der Waals surface area (Å²) in [5, 5.41) is 18.6. The Bertz CT molecular complexity index is 2150. The van der Waals surface area contributed by atoms with Crippen LogP contribution >= 0.6 is 8.53 Å². The summed E-state index contributed by atoms with van der Waals surface area (Å²) in [6.07, 6.45) is -3.11. The number of amides is 2. The summed E-state index contributed by atoms with van der Waals surface area (Å²) >= 11 is 0. The summed E-state index contributed by atoms with van der Waals surface area (Å²) in [5.41, 5.74) is 1.34. The summed E-state index contributed by atoms with van der Waals surface area (Å²) in [6.45, 7) is 23.0. The van der Waals surface area contributed by atoms with Crippen molar-refractivity contribution in [3.8, 4) is 17.6 Å². The number of nitrogens with one attached hydrogen (secondary N) is 3. The molecular formula is C50H72N7O9PSi. The molecule has 0 radical (unpaired) electrons. The van der Waals surface area contributed by atoms with E-state index in [1.807, 2.05) is 83.8 Å². The molecule has 0 saturated carbocycles. The van der Waals surface area contributed by atoms with Crippen molar-refractivity contribution >= 4 is 35.0 Å². The number of nitriles is 1. The minimum absolute atomic E-state index is 0.000979. The van der Waals surface area contributed by atoms with Crippen molar-refractivity contribution in [2.24, 2.45) is 10.9 Å². The Morgan fingerprint density at radius 3 is 2.00 bits per heavy atom. The zero-order chi connectivity index (χ0) is 49.6. The number of methoxy groups -OCH3 is 2. The van der Waals surface area contributed by atoms with Crippen LogP contribution in [-0.4, -0.2) is 119 Å². The van der Waals surface area contributed by atoms with Crippen LogP contribution in [0.5, 0.6) is 11.5 Å². The van der Waals surface area contributed by atoms with Gasteiger partial charge in [-0.2, -0.15) is 5.26 Å². The Hall–Kier alpha value is -4.47. The molecule has 3 aliphatic rings. The maximum absolute atomic E-state index is 13.7. The lowest BCUT2D eigenvalue weighted by Crippen LogP contribution is -2.72. The normalized spacial score (nSPS) is 23.5. The molecule has 3 aromatic rings. The van der Waals surface area contributed by atoms with Gasteiger partial charge < -0.3 is 48.0 Å². The number of carbonyl (C=O) groups excluding carboxylic acids is 2. The predicted octanol–water partition coefficient (Wildman–Crippen LogP) is 7.60. The minimum Gasteiger partial charge on any atom is -0.497 e. The molecule has 2 amide bonds. The monoisotopic (exact) mass is 973 g/mol. The van der Waals surface area contributed by atoms with Gasteiger partial charge in [0.1, 0.15) is 41.6 Å². The van der Waals surface area contributed by atoms with Crippen LogP contribution in [0.25, 0.3) is 0 Å². The van der Waals surface area contributed by atoms with Crippen LogP contribution in [0, 0.1) is 17.2 Å². The van der Waals surface area contributed by atoms with Gasteiger partial charge in [-0.15, -0.1) is 0 Å². The molecule has 16 nitrogen and oxygen atoms in total. The zero-order valence-electron chi connectivity index (χ0n) is 41.9. The maximum Gasteiger partial charge on any atom is 0.259 e. The van der Waals surface area contributed by atoms with Crippen molar-refractivity contribution in [3.63, 3.8) is 0 Å². The van der Waals surface area contributed by atoms with Crippen LogP contribution in [0.4, 0.5) is 0 Å². The van der Waals surface area contributed by atoms with Gasteiger partial charge in [-0.3, -0.25) is 19.9 Å². The molecule has 3 aliphatic heterocycles. The predicted molar refractivity (Wildman–Crippen MR) is 265 cm³/mol. The molecule has 68 heavy (non-hydrogen) atoms. The summed E-state index contributed by atoms with van der Waals surface area (Å²) in [5.74, 6) is 0.492. The molecule has 18 heteroatoms. The van der Waals surface area contributed by atoms with Gasteiger partial charge in [0.25, 0.3) is 14.4 Å². The Morgan fingerprint density at radius 1 is 0.912 bits per heavy atom. The number of hydrogen-bond acceptors (Lipinski definition) is 14. The zero-order valence-corrected chi connectivity index (χ0v) is 43.8. The number of carbonyl (C=O) groups is 2. The first-order valence-electron chi connectivity index (χ1n) is 23.5. The highest BCUT2D eigenvalue weighted by molar-refractivity contribution is 7.44. The third-order valence-electron chi connectivity index (χ3n) is 13.0. The molecule has 0 spiro atoms. The maximum atomic E-state index is 13.7. The topological polar surface area (TPSA) is 177 Å². The third kappa shape index (κ3) is 11.6. The smallest absolute Gasteiger partial charge is 0.259 e. The second-order valence-corrected chi connectivity index (χ2v) is 25.9. The first-order chi connectivity index (χ1) is 32.3. The van der Waals surface area contributed by atoms with Gasteiger partial charge in [0.15, 0.2) is 26.9 Å². The molecule has 2 fully saturated rings. The Kier molecular flexibility index (Phi) is 17.5. The standard InChI is InChI=1S/C50H72N7O9PSi/c1-32(2)45(58)54-48-53-44-41(46(59)55-48)52-31-56(44)47-43(66-68(12,13)49(7,8)9)42(65-67(63-29-17-28-51)57(33(3)4)34(5)6)40(64-47)30-62-50(35-18-15-14-16-19-35,36-20-24-38(60-10)25-21-36)37-22-26-39(61-11)27-23-37/h14-16,18-27,31-34,40-44,47-48,53H,17,29-30H2,1-13H3,(H,54,58)(H,55,59). The van der Waals surface area contributed by atoms with E-state index in [1.54, 1.807) is 34.4 Å². The average molecular weight is 974 g/mol. The van der Waals surface area contributed by atoms with Crippen molar-refractivity contribution in [1.29, 1.82) is 5.26 Å². The van der Waals surface area contributed by atoms with Crippen molar-refractivity contribution in [2.75, 3.05) is 27.4 Å². The number of benzene rings is 3. The van der Waals surface area contributed by atoms with E-state index >= 15 is 0 Å². The number of rotatable bonds is 21. The number of nitrogens with zero attached hydrogens (tertiary/aromatic N) is 4. The summed E-state index contributed by atoms with van der Waals surface area (Å²) in [4.78, 5) is 33.3. The fraction of sp³-hybridized carbons (Fsp3) is 0.560. The van der Waals surface area contributed by atoms with Gasteiger partial charge in [0.2, 0.25) is 5.91 Å². The highest BCUT2D eigenvalue weighted by Crippen LogP contribution is 2.52. The van der Waals surface area contributed by atoms with Crippen molar-refractivity contribution in [3.05, 3.63) is 95.6 Å². The summed E-state index contributed by atoms with van der Waals surface area (Å²) in [6, 6.07) is 27.1. The largest absolute Gasteiger partial charge is 0.497 e. The lowest BCUT2D eigenvalue weighted by molar-refractivity contribution is -0.135. The van der Waals surface area contributed by atoms with Crippen molar-refractivity contribution in [1.82, 2.24) is 25.5 Å². The first kappa shape index (κ1) is 52.9. The fourth-order valence-corrected chi connectivity index (χ4v) is 11.5. The van der Waals surface area contributed by atoms with Gasteiger partial charge in [0.05, 0.1) is 46.3 Å². The van der Waals surface area contributed by atoms with E-state index in [-0.39, 0.29) is 54.5 Å². The number of hydrogen-bond donors (Lipinski definition) is 3. The fourth-order valence-electron chi connectivity index (χ4n) is 8.44. The summed E-state index contributed by atoms with van der Waals surface area (Å²) < 4.78 is 49.8. The van der Waals surface area contributed by atoms with E-state index in [0.29, 0.717) is 11.5 Å². The van der Waals surface area contributed by atoms with Gasteiger partial charge in [0, 0.05) is 18.0 Å². The van der Waals surface area contributed by atoms with Gasteiger partial charge >= 0.3 is 0 Å². The molecule has 370 valence electrons. The number of fused-ring (bicyclic) bond motifs is 1. The summed E-state index contributed by atoms with van der Waals surface area (Å²) in [7, 11) is -1.23. The molecule has 3 N–H and O–H groups in total. The lowest BCUT2D eigenvalue weighted by Gasteiger charge is -2.44. The Labute approximate surface area is 405 Å². The SMILES string of the molecule is COc1ccc(C(OCC2OC(N3C=NC4C(=O)NC(NC(=O)C(C)C)NC43)C(O[Si](C)(C)C(C)(C)C)C2OP(OCCC#N)N(C(C)C)C(C)C)(c2ccccc2)c2ccc(OC)cc2)cc1. The number of ether oxygens (including phenoxy) is 4. The molecule has 6 rings (SSSR count). The van der Waals surface area contributed by atoms with Crippen molar-refractivity contribution in [2.45, 2.75) is 148 Å². The van der Waals surface area contributed by atoms with Gasteiger partial charge in [-0.05, 0) is 86.8 Å². The van der Waals surface area contributed by atoms with Crippen LogP contribution in [-0.2, 0) is 38.1 Å². The van der Waals surface area contributed by atoms with Crippen LogP contribution in [0.15, 0.2) is 83.9 Å². The van der Waals surface area contributed by atoms with E-state index in [4.69, 9.17) is 37.4 Å². The van der Waals surface area contributed by atoms with E-state index in [2.05, 4.69) is 88.3 Å². The van der Waals surface area contributed by atoms with E-state index in [1.165, 1.54) is 0 Å². The van der Waals surface area contributed by atoms with E-state index < -0.39 is 65.5 Å².